The zero-order chi connectivity index (χ0) is 14.5. The lowest BCUT2D eigenvalue weighted by Crippen LogP contribution is -2.37. The van der Waals surface area contributed by atoms with Crippen LogP contribution in [0.3, 0.4) is 0 Å². The number of hydrogen-bond donors (Lipinski definition) is 3. The first-order valence-electron chi connectivity index (χ1n) is 6.89. The van der Waals surface area contributed by atoms with Gasteiger partial charge in [-0.3, -0.25) is 4.98 Å². The highest BCUT2D eigenvalue weighted by Gasteiger charge is 2.20. The molecule has 108 valence electrons. The average molecular weight is 266 g/mol. The van der Waals surface area contributed by atoms with Crippen molar-refractivity contribution in [2.24, 2.45) is 5.92 Å². The maximum atomic E-state index is 10.2. The summed E-state index contributed by atoms with van der Waals surface area (Å²) in [7, 11) is 0. The van der Waals surface area contributed by atoms with Crippen molar-refractivity contribution >= 4 is 0 Å². The Balaban J connectivity index is 2.42. The fraction of sp³-hybridized carbons (Fsp3) is 0.667. The molecule has 4 nitrogen and oxygen atoms in total. The number of pyridine rings is 1. The van der Waals surface area contributed by atoms with Gasteiger partial charge in [-0.25, -0.2) is 0 Å². The van der Waals surface area contributed by atoms with Gasteiger partial charge in [0.2, 0.25) is 0 Å². The van der Waals surface area contributed by atoms with E-state index in [4.69, 9.17) is 0 Å². The first-order chi connectivity index (χ1) is 8.80. The number of rotatable bonds is 7. The van der Waals surface area contributed by atoms with Crippen LogP contribution in [0, 0.1) is 12.8 Å². The van der Waals surface area contributed by atoms with Gasteiger partial charge in [0.1, 0.15) is 5.75 Å². The molecule has 0 amide bonds. The fourth-order valence-corrected chi connectivity index (χ4v) is 1.87. The van der Waals surface area contributed by atoms with E-state index in [0.29, 0.717) is 24.7 Å². The molecule has 0 aliphatic heterocycles. The Morgan fingerprint density at radius 2 is 2.05 bits per heavy atom. The van der Waals surface area contributed by atoms with Gasteiger partial charge in [-0.05, 0) is 44.7 Å². The average Bonchev–Trinajstić information content (AvgIpc) is 2.31. The topological polar surface area (TPSA) is 65.4 Å². The molecule has 1 heterocycles. The molecule has 1 rings (SSSR count). The summed E-state index contributed by atoms with van der Waals surface area (Å²) in [6, 6.07) is 3.42. The number of aromatic hydroxyl groups is 1. The lowest BCUT2D eigenvalue weighted by molar-refractivity contribution is 0.0449. The number of aryl methyl sites for hydroxylation is 1. The summed E-state index contributed by atoms with van der Waals surface area (Å²) in [4.78, 5) is 4.27. The van der Waals surface area contributed by atoms with E-state index < -0.39 is 5.60 Å². The van der Waals surface area contributed by atoms with Gasteiger partial charge in [-0.2, -0.15) is 0 Å². The van der Waals surface area contributed by atoms with E-state index in [2.05, 4.69) is 24.1 Å². The Hall–Kier alpha value is -1.13. The molecule has 0 fully saturated rings. The first-order valence-corrected chi connectivity index (χ1v) is 6.89. The molecule has 1 unspecified atom stereocenters. The van der Waals surface area contributed by atoms with E-state index in [1.54, 1.807) is 12.1 Å². The molecular formula is C15H26N2O2. The van der Waals surface area contributed by atoms with Crippen molar-refractivity contribution < 1.29 is 10.2 Å². The normalized spacial score (nSPS) is 14.6. The zero-order valence-electron chi connectivity index (χ0n) is 12.4. The Labute approximate surface area is 115 Å². The van der Waals surface area contributed by atoms with Crippen LogP contribution in [0.15, 0.2) is 12.1 Å². The van der Waals surface area contributed by atoms with Crippen LogP contribution in [0.25, 0.3) is 0 Å². The molecule has 1 aromatic heterocycles. The summed E-state index contributed by atoms with van der Waals surface area (Å²) in [5.74, 6) is 0.786. The second-order valence-electron chi connectivity index (χ2n) is 5.95. The third-order valence-electron chi connectivity index (χ3n) is 3.15. The minimum Gasteiger partial charge on any atom is -0.506 e. The third-order valence-corrected chi connectivity index (χ3v) is 3.15. The molecule has 0 aromatic carbocycles. The SMILES string of the molecule is Cc1ccc(O)c(CNCC(C)(O)CCC(C)C)n1. The van der Waals surface area contributed by atoms with Crippen molar-refractivity contribution in [3.63, 3.8) is 0 Å². The maximum absolute atomic E-state index is 10.2. The van der Waals surface area contributed by atoms with E-state index in [-0.39, 0.29) is 5.75 Å². The number of hydrogen-bond acceptors (Lipinski definition) is 4. The molecule has 0 aliphatic carbocycles. The molecule has 0 saturated heterocycles. The molecule has 0 spiro atoms. The Kier molecular flexibility index (Phi) is 5.76. The van der Waals surface area contributed by atoms with Crippen molar-refractivity contribution in [3.8, 4) is 5.75 Å². The predicted molar refractivity (Wildman–Crippen MR) is 77.0 cm³/mol. The van der Waals surface area contributed by atoms with Crippen molar-refractivity contribution in [2.45, 2.75) is 52.7 Å². The van der Waals surface area contributed by atoms with Gasteiger partial charge >= 0.3 is 0 Å². The number of aromatic nitrogens is 1. The quantitative estimate of drug-likeness (QED) is 0.709. The van der Waals surface area contributed by atoms with Crippen LogP contribution in [-0.2, 0) is 6.54 Å². The summed E-state index contributed by atoms with van der Waals surface area (Å²) in [5.41, 5.74) is 0.782. The van der Waals surface area contributed by atoms with Crippen LogP contribution in [-0.4, -0.2) is 27.3 Å². The van der Waals surface area contributed by atoms with Gasteiger partial charge in [-0.15, -0.1) is 0 Å². The fourth-order valence-electron chi connectivity index (χ4n) is 1.87. The molecule has 0 aliphatic rings. The van der Waals surface area contributed by atoms with E-state index >= 15 is 0 Å². The van der Waals surface area contributed by atoms with Crippen molar-refractivity contribution in [1.29, 1.82) is 0 Å². The van der Waals surface area contributed by atoms with E-state index in [9.17, 15) is 10.2 Å². The summed E-state index contributed by atoms with van der Waals surface area (Å²) in [5, 5.41) is 23.1. The Bertz CT molecular complexity index is 403. The van der Waals surface area contributed by atoms with Gasteiger partial charge in [0.15, 0.2) is 0 Å². The van der Waals surface area contributed by atoms with Gasteiger partial charge < -0.3 is 15.5 Å². The molecule has 0 saturated carbocycles. The maximum Gasteiger partial charge on any atom is 0.138 e. The van der Waals surface area contributed by atoms with Crippen LogP contribution >= 0.6 is 0 Å². The molecule has 4 heteroatoms. The summed E-state index contributed by atoms with van der Waals surface area (Å²) in [6.07, 6.45) is 1.77. The van der Waals surface area contributed by atoms with Gasteiger partial charge in [-0.1, -0.05) is 13.8 Å². The minimum atomic E-state index is -0.719. The molecule has 0 radical (unpaired) electrons. The number of nitrogens with zero attached hydrogens (tertiary/aromatic N) is 1. The second kappa shape index (κ2) is 6.87. The summed E-state index contributed by atoms with van der Waals surface area (Å²) >= 11 is 0. The van der Waals surface area contributed by atoms with Gasteiger partial charge in [0, 0.05) is 18.8 Å². The van der Waals surface area contributed by atoms with E-state index in [0.717, 1.165) is 18.5 Å². The Morgan fingerprint density at radius 3 is 2.68 bits per heavy atom. The van der Waals surface area contributed by atoms with Crippen LogP contribution in [0.5, 0.6) is 5.75 Å². The van der Waals surface area contributed by atoms with Gasteiger partial charge in [0.05, 0.1) is 11.3 Å². The Morgan fingerprint density at radius 1 is 1.37 bits per heavy atom. The minimum absolute atomic E-state index is 0.194. The highest BCUT2D eigenvalue weighted by molar-refractivity contribution is 5.27. The third kappa shape index (κ3) is 6.03. The smallest absolute Gasteiger partial charge is 0.138 e. The van der Waals surface area contributed by atoms with Crippen LogP contribution in [0.2, 0.25) is 0 Å². The lowest BCUT2D eigenvalue weighted by Gasteiger charge is -2.24. The first kappa shape index (κ1) is 15.9. The lowest BCUT2D eigenvalue weighted by atomic mass is 9.95. The molecule has 1 aromatic rings. The predicted octanol–water partition coefficient (Wildman–Crippen LogP) is 2.37. The number of aliphatic hydroxyl groups is 1. The van der Waals surface area contributed by atoms with Crippen LogP contribution in [0.4, 0.5) is 0 Å². The largest absolute Gasteiger partial charge is 0.506 e. The zero-order valence-corrected chi connectivity index (χ0v) is 12.4. The van der Waals surface area contributed by atoms with Crippen molar-refractivity contribution in [1.82, 2.24) is 10.3 Å². The van der Waals surface area contributed by atoms with E-state index in [1.807, 2.05) is 13.8 Å². The summed E-state index contributed by atoms with van der Waals surface area (Å²) in [6.45, 7) is 8.99. The van der Waals surface area contributed by atoms with Crippen LogP contribution in [0.1, 0.15) is 45.0 Å². The summed E-state index contributed by atoms with van der Waals surface area (Å²) < 4.78 is 0. The second-order valence-corrected chi connectivity index (χ2v) is 5.95. The molecule has 3 N–H and O–H groups in total. The van der Waals surface area contributed by atoms with Crippen molar-refractivity contribution in [3.05, 3.63) is 23.5 Å². The number of nitrogens with one attached hydrogen (secondary N) is 1. The molecule has 1 atom stereocenters. The monoisotopic (exact) mass is 266 g/mol. The standard InChI is InChI=1S/C15H26N2O2/c1-11(2)7-8-15(4,19)10-16-9-13-14(18)6-5-12(3)17-13/h5-6,11,16,18-19H,7-10H2,1-4H3. The molecular weight excluding hydrogens is 240 g/mol. The molecule has 19 heavy (non-hydrogen) atoms. The van der Waals surface area contributed by atoms with Gasteiger partial charge in [0.25, 0.3) is 0 Å². The highest BCUT2D eigenvalue weighted by atomic mass is 16.3. The van der Waals surface area contributed by atoms with E-state index in [1.165, 1.54) is 0 Å². The highest BCUT2D eigenvalue weighted by Crippen LogP contribution is 2.17. The van der Waals surface area contributed by atoms with Crippen molar-refractivity contribution in [2.75, 3.05) is 6.54 Å². The van der Waals surface area contributed by atoms with Crippen LogP contribution < -0.4 is 5.32 Å². The molecule has 0 bridgehead atoms.